The minimum Gasteiger partial charge on any atom is -0.353 e. The molecular formula is C13H24O32S7. The monoisotopic (exact) mass is 916 g/mol. The van der Waals surface area contributed by atoms with Gasteiger partial charge in [0.15, 0.2) is 74.1 Å². The molecule has 39 heteroatoms. The topological polar surface area (TPSA) is 419 Å². The molecule has 0 bridgehead atoms. The number of hydrogen-bond donors (Lipinski definition) is 7. The zero-order chi connectivity index (χ0) is 39.0. The maximum atomic E-state index is 11.9. The van der Waals surface area contributed by atoms with Gasteiger partial charge in [0.25, 0.3) is 0 Å². The van der Waals surface area contributed by atoms with E-state index in [1.807, 2.05) is 0 Å². The van der Waals surface area contributed by atoms with Gasteiger partial charge < -0.3 is 18.9 Å². The molecule has 0 aromatic heterocycles. The summed E-state index contributed by atoms with van der Waals surface area (Å²) in [4.78, 5) is 0. The van der Waals surface area contributed by atoms with Gasteiger partial charge in [0.1, 0.15) is 36.6 Å². The molecule has 2 aliphatic rings. The summed E-state index contributed by atoms with van der Waals surface area (Å²) < 4.78 is 170. The third-order valence-corrected chi connectivity index (χ3v) is 8.55. The molecule has 310 valence electrons. The fourth-order valence-corrected chi connectivity index (χ4v) is 6.69. The van der Waals surface area contributed by atoms with Gasteiger partial charge in [-0.15, -0.1) is 17.3 Å². The van der Waals surface area contributed by atoms with E-state index in [9.17, 15) is 34.4 Å². The van der Waals surface area contributed by atoms with Crippen LogP contribution < -0.4 is 0 Å². The Bertz CT molecular complexity index is 1320. The lowest BCUT2D eigenvalue weighted by molar-refractivity contribution is -0.436. The van der Waals surface area contributed by atoms with Crippen LogP contribution in [0.2, 0.25) is 0 Å². The highest BCUT2D eigenvalue weighted by atomic mass is 32.3. The van der Waals surface area contributed by atoms with Crippen molar-refractivity contribution in [3.8, 4) is 0 Å². The van der Waals surface area contributed by atoms with Crippen molar-refractivity contribution in [1.29, 1.82) is 0 Å². The van der Waals surface area contributed by atoms with Crippen molar-refractivity contribution in [3.05, 3.63) is 0 Å². The number of hydrogen-bond acceptors (Lipinski definition) is 33. The van der Waals surface area contributed by atoms with Crippen molar-refractivity contribution in [2.24, 2.45) is 0 Å². The molecule has 2 saturated heterocycles. The molecule has 0 radical (unpaired) electrons. The maximum absolute atomic E-state index is 11.9. The highest BCUT2D eigenvalue weighted by molar-refractivity contribution is 7.90. The van der Waals surface area contributed by atoms with E-state index in [1.54, 1.807) is 0 Å². The lowest BCUT2D eigenvalue weighted by atomic mass is 9.98. The molecule has 32 nitrogen and oxygen atoms in total. The quantitative estimate of drug-likeness (QED) is 0.0167. The predicted molar refractivity (Wildman–Crippen MR) is 150 cm³/mol. The molecule has 2 fully saturated rings. The van der Waals surface area contributed by atoms with E-state index in [1.165, 1.54) is 0 Å². The van der Waals surface area contributed by atoms with Gasteiger partial charge in [0.2, 0.25) is 0 Å². The molecule has 0 spiro atoms. The third kappa shape index (κ3) is 17.6. The summed E-state index contributed by atoms with van der Waals surface area (Å²) in [6, 6.07) is 0. The normalized spacial score (nSPS) is 30.5. The zero-order valence-electron chi connectivity index (χ0n) is 24.4. The van der Waals surface area contributed by atoms with Crippen LogP contribution in [0.25, 0.3) is 0 Å². The van der Waals surface area contributed by atoms with Crippen molar-refractivity contribution in [1.82, 2.24) is 0 Å². The van der Waals surface area contributed by atoms with Gasteiger partial charge in [0.05, 0.1) is 13.2 Å². The van der Waals surface area contributed by atoms with Crippen LogP contribution in [0, 0.1) is 0 Å². The maximum Gasteiger partial charge on any atom is 0.397 e. The van der Waals surface area contributed by atoms with E-state index >= 15 is 0 Å². The molecule has 10 atom stereocenters. The second-order valence-corrected chi connectivity index (χ2v) is 13.5. The third-order valence-electron chi connectivity index (χ3n) is 5.52. The first-order valence-electron chi connectivity index (χ1n) is 12.1. The molecule has 4 unspecified atom stereocenters. The van der Waals surface area contributed by atoms with Crippen molar-refractivity contribution < 1.29 is 146 Å². The molecule has 2 heterocycles. The number of methoxy groups -OCH3 is 1. The molecule has 2 aliphatic heterocycles. The van der Waals surface area contributed by atoms with Crippen LogP contribution >= 0.6 is 49.3 Å². The Morgan fingerprint density at radius 3 is 1.25 bits per heavy atom. The Balaban J connectivity index is 2.57. The second-order valence-electron chi connectivity index (χ2n) is 8.43. The summed E-state index contributed by atoms with van der Waals surface area (Å²) in [6.07, 6.45) is -19.9. The minimum atomic E-state index is -5.55. The van der Waals surface area contributed by atoms with Crippen LogP contribution in [0.15, 0.2) is 0 Å². The Morgan fingerprint density at radius 2 is 0.885 bits per heavy atom. The summed E-state index contributed by atoms with van der Waals surface area (Å²) in [7, 11) is -15.2. The Hall–Kier alpha value is 0.210. The lowest BCUT2D eigenvalue weighted by Crippen LogP contribution is -2.63. The van der Waals surface area contributed by atoms with Gasteiger partial charge in [-0.2, -0.15) is 25.3 Å². The van der Waals surface area contributed by atoms with Gasteiger partial charge >= 0.3 is 31.2 Å². The van der Waals surface area contributed by atoms with E-state index in [-0.39, 0.29) is 49.3 Å². The van der Waals surface area contributed by atoms with Crippen LogP contribution in [-0.2, 0) is 117 Å². The molecule has 0 aromatic carbocycles. The zero-order valence-corrected chi connectivity index (χ0v) is 30.1. The first-order valence-corrected chi connectivity index (χ1v) is 18.8. The lowest BCUT2D eigenvalue weighted by Gasteiger charge is -2.45. The van der Waals surface area contributed by atoms with Gasteiger partial charge in [-0.3, -0.25) is 30.4 Å². The largest absolute Gasteiger partial charge is 0.397 e. The van der Waals surface area contributed by atoms with Crippen LogP contribution in [-0.4, -0.2) is 142 Å². The van der Waals surface area contributed by atoms with Gasteiger partial charge in [-0.25, -0.2) is 33.6 Å². The van der Waals surface area contributed by atoms with E-state index in [4.69, 9.17) is 61.3 Å². The van der Waals surface area contributed by atoms with E-state index < -0.39 is 106 Å². The molecule has 7 N–H and O–H groups in total. The molecule has 52 heavy (non-hydrogen) atoms. The fraction of sp³-hybridized carbons (Fsp3) is 1.00. The van der Waals surface area contributed by atoms with E-state index in [0.29, 0.717) is 0 Å². The van der Waals surface area contributed by atoms with Crippen LogP contribution in [0.4, 0.5) is 0 Å². The highest BCUT2D eigenvalue weighted by Crippen LogP contribution is 2.37. The second kappa shape index (κ2) is 24.1. The predicted octanol–water partition coefficient (Wildman–Crippen LogP) is -1.23. The Kier molecular flexibility index (Phi) is 22.4. The average molecular weight is 917 g/mol. The Labute approximate surface area is 307 Å². The van der Waals surface area contributed by atoms with Crippen LogP contribution in [0.1, 0.15) is 0 Å². The van der Waals surface area contributed by atoms with Crippen molar-refractivity contribution >= 4 is 80.5 Å². The first-order chi connectivity index (χ1) is 24.5. The minimum absolute atomic E-state index is 0.184. The van der Waals surface area contributed by atoms with Crippen molar-refractivity contribution in [2.75, 3.05) is 20.3 Å². The molecule has 0 aromatic rings. The van der Waals surface area contributed by atoms with Gasteiger partial charge in [0, 0.05) is 7.11 Å². The number of rotatable bonds is 27. The first kappa shape index (κ1) is 48.4. The van der Waals surface area contributed by atoms with Crippen molar-refractivity contribution in [2.45, 2.75) is 61.4 Å². The molecule has 2 rings (SSSR count). The molecule has 0 amide bonds. The summed E-state index contributed by atoms with van der Waals surface area (Å²) in [5.74, 6) is 0. The average Bonchev–Trinajstić information content (AvgIpc) is 3.04. The molecule has 0 aliphatic carbocycles. The van der Waals surface area contributed by atoms with Crippen LogP contribution in [0.3, 0.4) is 0 Å². The van der Waals surface area contributed by atoms with Crippen LogP contribution in [0.5, 0.6) is 0 Å². The summed E-state index contributed by atoms with van der Waals surface area (Å²) in [5.41, 5.74) is 0. The van der Waals surface area contributed by atoms with Gasteiger partial charge in [-0.1, -0.05) is 20.2 Å². The van der Waals surface area contributed by atoms with Gasteiger partial charge in [-0.05, 0) is 0 Å². The summed E-state index contributed by atoms with van der Waals surface area (Å²) in [5, 5.41) is 47.4. The summed E-state index contributed by atoms with van der Waals surface area (Å²) >= 11 is -0.890. The SMILES string of the molecule is CO[C@H]1OC(CO[C@H]2OC(COS(=O)(=O)O)[C@@H](OSOOO)[C@H](OSOOO)C2OS(=O)(=O)O)[C@@H](OSOOO)[C@H](OSOOO)C1OS(=O)(=O)O. The fourth-order valence-electron chi connectivity index (χ4n) is 3.92. The summed E-state index contributed by atoms with van der Waals surface area (Å²) in [6.45, 7) is -2.24. The molecular weight excluding hydrogens is 893 g/mol. The van der Waals surface area contributed by atoms with E-state index in [0.717, 1.165) is 7.11 Å². The number of ether oxygens (including phenoxy) is 4. The molecule has 0 saturated carbocycles. The van der Waals surface area contributed by atoms with Crippen molar-refractivity contribution in [3.63, 3.8) is 0 Å². The van der Waals surface area contributed by atoms with E-state index in [2.05, 4.69) is 50.0 Å². The standard InChI is InChI=1S/C13H24O32S7/c1-27-12-10(36-51(21,22)23)8(34-48-44-40-16)6(32-46-42-38-14)4(30-12)2-28-13-11(37-52(24,25)26)9(35-49-45-41-17)7(33-47-43-39-15)5(31-13)3-29-50(18,19)20/h4-17H,2-3H2,1H3,(H,18,19,20)(H,21,22,23)(H,24,25,26)/t4?,5?,6-,7-,8+,9+,10?,11?,12+,13+/m1/s1. The smallest absolute Gasteiger partial charge is 0.353 e. The Morgan fingerprint density at radius 1 is 0.519 bits per heavy atom. The highest BCUT2D eigenvalue weighted by Gasteiger charge is 2.55.